The molecule has 0 atom stereocenters. The van der Waals surface area contributed by atoms with Crippen LogP contribution in [0.5, 0.6) is 11.5 Å². The molecule has 0 unspecified atom stereocenters. The van der Waals surface area contributed by atoms with Gasteiger partial charge < -0.3 is 24.6 Å². The maximum absolute atomic E-state index is 12.5. The number of rotatable bonds is 7. The number of piperazine rings is 1. The Bertz CT molecular complexity index is 806. The molecular formula is C20H27N5O3. The Morgan fingerprint density at radius 1 is 1.11 bits per heavy atom. The summed E-state index contributed by atoms with van der Waals surface area (Å²) in [4.78, 5) is 25.9. The van der Waals surface area contributed by atoms with E-state index in [1.807, 2.05) is 18.2 Å². The van der Waals surface area contributed by atoms with E-state index >= 15 is 0 Å². The van der Waals surface area contributed by atoms with E-state index in [4.69, 9.17) is 9.47 Å². The van der Waals surface area contributed by atoms with Crippen LogP contribution in [0.15, 0.2) is 30.5 Å². The predicted molar refractivity (Wildman–Crippen MR) is 107 cm³/mol. The molecule has 8 nitrogen and oxygen atoms in total. The molecule has 8 heteroatoms. The van der Waals surface area contributed by atoms with Crippen LogP contribution in [0.1, 0.15) is 23.0 Å². The lowest BCUT2D eigenvalue weighted by molar-refractivity contribution is 0.0945. The number of carbonyl (C=O) groups excluding carboxylic acids is 1. The summed E-state index contributed by atoms with van der Waals surface area (Å²) < 4.78 is 10.5. The van der Waals surface area contributed by atoms with Gasteiger partial charge in [0.2, 0.25) is 5.95 Å². The van der Waals surface area contributed by atoms with Gasteiger partial charge in [-0.25, -0.2) is 9.97 Å². The lowest BCUT2D eigenvalue weighted by atomic mass is 10.2. The topological polar surface area (TPSA) is 79.8 Å². The minimum absolute atomic E-state index is 0.231. The highest BCUT2D eigenvalue weighted by molar-refractivity contribution is 5.92. The quantitative estimate of drug-likeness (QED) is 0.775. The van der Waals surface area contributed by atoms with Crippen LogP contribution in [0.4, 0.5) is 5.95 Å². The number of ether oxygens (including phenoxy) is 2. The molecule has 0 aliphatic carbocycles. The first kappa shape index (κ1) is 19.9. The van der Waals surface area contributed by atoms with Crippen LogP contribution in [-0.4, -0.2) is 67.7 Å². The van der Waals surface area contributed by atoms with Crippen molar-refractivity contribution < 1.29 is 14.3 Å². The van der Waals surface area contributed by atoms with E-state index in [2.05, 4.69) is 32.0 Å². The van der Waals surface area contributed by atoms with Crippen molar-refractivity contribution in [1.29, 1.82) is 0 Å². The fourth-order valence-electron chi connectivity index (χ4n) is 3.15. The SMILES string of the molecule is CCN1CCN(c2nccc(C(=O)NCc3ccc(OC)c(OC)c3)n2)CC1. The molecule has 1 saturated heterocycles. The first-order valence-electron chi connectivity index (χ1n) is 9.44. The molecule has 0 radical (unpaired) electrons. The third kappa shape index (κ3) is 4.69. The van der Waals surface area contributed by atoms with Crippen LogP contribution < -0.4 is 19.7 Å². The van der Waals surface area contributed by atoms with Gasteiger partial charge in [0.25, 0.3) is 5.91 Å². The fourth-order valence-corrected chi connectivity index (χ4v) is 3.15. The Hall–Kier alpha value is -2.87. The second-order valence-corrected chi connectivity index (χ2v) is 6.54. The first-order chi connectivity index (χ1) is 13.6. The van der Waals surface area contributed by atoms with E-state index in [9.17, 15) is 4.79 Å². The van der Waals surface area contributed by atoms with E-state index in [-0.39, 0.29) is 5.91 Å². The Morgan fingerprint density at radius 3 is 2.54 bits per heavy atom. The number of nitrogens with zero attached hydrogens (tertiary/aromatic N) is 4. The summed E-state index contributed by atoms with van der Waals surface area (Å²) in [6.07, 6.45) is 1.64. The van der Waals surface area contributed by atoms with E-state index in [0.717, 1.165) is 38.3 Å². The van der Waals surface area contributed by atoms with Crippen molar-refractivity contribution in [2.45, 2.75) is 13.5 Å². The number of carbonyl (C=O) groups is 1. The number of benzene rings is 1. The Kier molecular flexibility index (Phi) is 6.65. The summed E-state index contributed by atoms with van der Waals surface area (Å²) in [6, 6.07) is 7.19. The monoisotopic (exact) mass is 385 g/mol. The third-order valence-electron chi connectivity index (χ3n) is 4.88. The van der Waals surface area contributed by atoms with Crippen molar-refractivity contribution in [1.82, 2.24) is 20.2 Å². The lowest BCUT2D eigenvalue weighted by Gasteiger charge is -2.34. The molecular weight excluding hydrogens is 358 g/mol. The maximum atomic E-state index is 12.5. The number of anilines is 1. The minimum Gasteiger partial charge on any atom is -0.493 e. The molecule has 1 aromatic carbocycles. The number of amides is 1. The Labute approximate surface area is 165 Å². The average molecular weight is 385 g/mol. The van der Waals surface area contributed by atoms with Gasteiger partial charge in [0.1, 0.15) is 5.69 Å². The van der Waals surface area contributed by atoms with Gasteiger partial charge in [-0.2, -0.15) is 0 Å². The second-order valence-electron chi connectivity index (χ2n) is 6.54. The molecule has 3 rings (SSSR count). The van der Waals surface area contributed by atoms with Gasteiger partial charge in [0.15, 0.2) is 11.5 Å². The van der Waals surface area contributed by atoms with Crippen molar-refractivity contribution in [3.8, 4) is 11.5 Å². The van der Waals surface area contributed by atoms with Crippen LogP contribution in [0.3, 0.4) is 0 Å². The molecule has 1 aliphatic heterocycles. The highest BCUT2D eigenvalue weighted by atomic mass is 16.5. The summed E-state index contributed by atoms with van der Waals surface area (Å²) in [6.45, 7) is 7.27. The van der Waals surface area contributed by atoms with Gasteiger partial charge in [-0.3, -0.25) is 4.79 Å². The maximum Gasteiger partial charge on any atom is 0.270 e. The van der Waals surface area contributed by atoms with E-state index in [0.29, 0.717) is 29.7 Å². The Balaban J connectivity index is 1.62. The first-order valence-corrected chi connectivity index (χ1v) is 9.44. The molecule has 0 bridgehead atoms. The summed E-state index contributed by atoms with van der Waals surface area (Å²) in [7, 11) is 3.18. The number of nitrogens with one attached hydrogen (secondary N) is 1. The normalized spacial score (nSPS) is 14.6. The van der Waals surface area contributed by atoms with E-state index in [1.165, 1.54) is 0 Å². The molecule has 0 saturated carbocycles. The van der Waals surface area contributed by atoms with Gasteiger partial charge in [0.05, 0.1) is 14.2 Å². The van der Waals surface area contributed by atoms with Crippen molar-refractivity contribution in [2.24, 2.45) is 0 Å². The molecule has 2 heterocycles. The zero-order valence-corrected chi connectivity index (χ0v) is 16.6. The van der Waals surface area contributed by atoms with Crippen LogP contribution >= 0.6 is 0 Å². The summed E-state index contributed by atoms with van der Waals surface area (Å²) in [5.74, 6) is 1.66. The minimum atomic E-state index is -0.231. The van der Waals surface area contributed by atoms with Gasteiger partial charge in [-0.15, -0.1) is 0 Å². The predicted octanol–water partition coefficient (Wildman–Crippen LogP) is 1.57. The molecule has 28 heavy (non-hydrogen) atoms. The number of hydrogen-bond donors (Lipinski definition) is 1. The molecule has 1 fully saturated rings. The molecule has 1 amide bonds. The van der Waals surface area contributed by atoms with Crippen LogP contribution in [-0.2, 0) is 6.54 Å². The lowest BCUT2D eigenvalue weighted by Crippen LogP contribution is -2.46. The molecule has 1 aliphatic rings. The summed E-state index contributed by atoms with van der Waals surface area (Å²) >= 11 is 0. The van der Waals surface area contributed by atoms with Crippen molar-refractivity contribution in [2.75, 3.05) is 51.8 Å². The van der Waals surface area contributed by atoms with E-state index < -0.39 is 0 Å². The van der Waals surface area contributed by atoms with Gasteiger partial charge in [-0.05, 0) is 30.3 Å². The fraction of sp³-hybridized carbons (Fsp3) is 0.450. The molecule has 1 N–H and O–H groups in total. The molecule has 150 valence electrons. The zero-order chi connectivity index (χ0) is 19.9. The molecule has 1 aromatic heterocycles. The van der Waals surface area contributed by atoms with Crippen molar-refractivity contribution in [3.05, 3.63) is 41.7 Å². The van der Waals surface area contributed by atoms with Crippen LogP contribution in [0.25, 0.3) is 0 Å². The van der Waals surface area contributed by atoms with Gasteiger partial charge in [-0.1, -0.05) is 13.0 Å². The standard InChI is InChI=1S/C20H27N5O3/c1-4-24-9-11-25(12-10-24)20-21-8-7-16(23-20)19(26)22-14-15-5-6-17(27-2)18(13-15)28-3/h5-8,13H,4,9-12,14H2,1-3H3,(H,22,26). The van der Waals surface area contributed by atoms with E-state index in [1.54, 1.807) is 26.5 Å². The number of likely N-dealkylation sites (N-methyl/N-ethyl adjacent to an activating group) is 1. The van der Waals surface area contributed by atoms with Gasteiger partial charge in [0, 0.05) is 38.9 Å². The number of aromatic nitrogens is 2. The van der Waals surface area contributed by atoms with Crippen molar-refractivity contribution >= 4 is 11.9 Å². The van der Waals surface area contributed by atoms with Crippen molar-refractivity contribution in [3.63, 3.8) is 0 Å². The second kappa shape index (κ2) is 9.36. The smallest absolute Gasteiger partial charge is 0.270 e. The van der Waals surface area contributed by atoms with Crippen LogP contribution in [0.2, 0.25) is 0 Å². The zero-order valence-electron chi connectivity index (χ0n) is 16.6. The molecule has 0 spiro atoms. The molecule has 2 aromatic rings. The average Bonchev–Trinajstić information content (AvgIpc) is 2.77. The Morgan fingerprint density at radius 2 is 1.86 bits per heavy atom. The highest BCUT2D eigenvalue weighted by Gasteiger charge is 2.19. The third-order valence-corrected chi connectivity index (χ3v) is 4.88. The highest BCUT2D eigenvalue weighted by Crippen LogP contribution is 2.27. The number of methoxy groups -OCH3 is 2. The van der Waals surface area contributed by atoms with Gasteiger partial charge >= 0.3 is 0 Å². The summed E-state index contributed by atoms with van der Waals surface area (Å²) in [5, 5.41) is 2.90. The largest absolute Gasteiger partial charge is 0.493 e. The summed E-state index contributed by atoms with van der Waals surface area (Å²) in [5.41, 5.74) is 1.28. The number of hydrogen-bond acceptors (Lipinski definition) is 7. The van der Waals surface area contributed by atoms with Crippen LogP contribution in [0, 0.1) is 0 Å².